The molecule has 0 atom stereocenters. The Kier molecular flexibility index (Phi) is 3.93. The van der Waals surface area contributed by atoms with Gasteiger partial charge in [-0.2, -0.15) is 0 Å². The van der Waals surface area contributed by atoms with Crippen molar-refractivity contribution < 1.29 is 19.0 Å². The fraction of sp³-hybridized carbons (Fsp3) is 0.400. The van der Waals surface area contributed by atoms with Gasteiger partial charge < -0.3 is 19.5 Å². The van der Waals surface area contributed by atoms with Crippen molar-refractivity contribution in [3.05, 3.63) is 11.8 Å². The smallest absolute Gasteiger partial charge is 0.258 e. The number of pyridine rings is 1. The van der Waals surface area contributed by atoms with Crippen LogP contribution in [0.4, 0.5) is 0 Å². The minimum atomic E-state index is -0.325. The minimum Gasteiger partial charge on any atom is -0.494 e. The van der Waals surface area contributed by atoms with Gasteiger partial charge in [0.15, 0.2) is 11.5 Å². The van der Waals surface area contributed by atoms with Crippen LogP contribution in [-0.4, -0.2) is 39.3 Å². The van der Waals surface area contributed by atoms with Crippen LogP contribution < -0.4 is 19.5 Å². The first-order valence-corrected chi connectivity index (χ1v) is 4.56. The van der Waals surface area contributed by atoms with E-state index in [0.29, 0.717) is 5.75 Å². The number of hydrogen-bond acceptors (Lipinski definition) is 5. The molecule has 0 saturated heterocycles. The Morgan fingerprint density at radius 2 is 1.94 bits per heavy atom. The normalized spacial score (nSPS) is 9.50. The van der Waals surface area contributed by atoms with Gasteiger partial charge in [-0.05, 0) is 0 Å². The molecule has 16 heavy (non-hydrogen) atoms. The summed E-state index contributed by atoms with van der Waals surface area (Å²) in [4.78, 5) is 15.7. The zero-order chi connectivity index (χ0) is 12.1. The van der Waals surface area contributed by atoms with Gasteiger partial charge in [0.25, 0.3) is 11.8 Å². The Morgan fingerprint density at radius 1 is 1.25 bits per heavy atom. The van der Waals surface area contributed by atoms with E-state index in [2.05, 4.69) is 10.3 Å². The summed E-state index contributed by atoms with van der Waals surface area (Å²) in [5.74, 6) is 0.495. The number of carbonyl (C=O) groups is 1. The Bertz CT molecular complexity index is 393. The van der Waals surface area contributed by atoms with E-state index in [4.69, 9.17) is 14.2 Å². The first-order chi connectivity index (χ1) is 7.69. The lowest BCUT2D eigenvalue weighted by Crippen LogP contribution is -2.20. The second-order valence-corrected chi connectivity index (χ2v) is 2.82. The molecule has 0 aliphatic heterocycles. The average Bonchev–Trinajstić information content (AvgIpc) is 2.35. The largest absolute Gasteiger partial charge is 0.494 e. The lowest BCUT2D eigenvalue weighted by atomic mass is 10.2. The summed E-state index contributed by atoms with van der Waals surface area (Å²) in [6, 6.07) is 0. The molecule has 0 aliphatic rings. The summed E-state index contributed by atoms with van der Waals surface area (Å²) in [5.41, 5.74) is 0.263. The van der Waals surface area contributed by atoms with Gasteiger partial charge >= 0.3 is 0 Å². The van der Waals surface area contributed by atoms with E-state index < -0.39 is 0 Å². The monoisotopic (exact) mass is 226 g/mol. The molecule has 88 valence electrons. The van der Waals surface area contributed by atoms with Crippen LogP contribution in [0.3, 0.4) is 0 Å². The fourth-order valence-corrected chi connectivity index (χ4v) is 1.29. The van der Waals surface area contributed by atoms with Crippen molar-refractivity contribution in [3.63, 3.8) is 0 Å². The Hall–Kier alpha value is -1.98. The lowest BCUT2D eigenvalue weighted by molar-refractivity contribution is 0.0955. The zero-order valence-electron chi connectivity index (χ0n) is 9.66. The molecule has 0 bridgehead atoms. The van der Waals surface area contributed by atoms with Crippen LogP contribution in [0, 0.1) is 0 Å². The van der Waals surface area contributed by atoms with Crippen molar-refractivity contribution in [2.75, 3.05) is 28.4 Å². The molecule has 0 radical (unpaired) electrons. The molecule has 0 aliphatic carbocycles. The predicted molar refractivity (Wildman–Crippen MR) is 57.3 cm³/mol. The maximum absolute atomic E-state index is 11.7. The quantitative estimate of drug-likeness (QED) is 0.808. The summed E-state index contributed by atoms with van der Waals surface area (Å²) in [5, 5.41) is 2.50. The van der Waals surface area contributed by atoms with Crippen molar-refractivity contribution in [2.24, 2.45) is 0 Å². The first kappa shape index (κ1) is 12.1. The van der Waals surface area contributed by atoms with E-state index in [1.807, 2.05) is 0 Å². The Morgan fingerprint density at radius 3 is 2.38 bits per heavy atom. The van der Waals surface area contributed by atoms with Crippen LogP contribution in [0.25, 0.3) is 0 Å². The summed E-state index contributed by atoms with van der Waals surface area (Å²) in [6.07, 6.45) is 1.41. The van der Waals surface area contributed by atoms with Crippen LogP contribution in [0.1, 0.15) is 10.4 Å². The van der Waals surface area contributed by atoms with Gasteiger partial charge in [0.1, 0.15) is 5.56 Å². The van der Waals surface area contributed by atoms with Crippen LogP contribution in [0.5, 0.6) is 17.4 Å². The molecule has 1 aromatic heterocycles. The number of aromatic nitrogens is 1. The molecule has 0 aromatic carbocycles. The van der Waals surface area contributed by atoms with Crippen molar-refractivity contribution in [1.29, 1.82) is 0 Å². The fourth-order valence-electron chi connectivity index (χ4n) is 1.29. The van der Waals surface area contributed by atoms with Crippen molar-refractivity contribution in [1.82, 2.24) is 10.3 Å². The van der Waals surface area contributed by atoms with Crippen LogP contribution in [0.15, 0.2) is 6.20 Å². The summed E-state index contributed by atoms with van der Waals surface area (Å²) < 4.78 is 15.2. The topological polar surface area (TPSA) is 69.7 Å². The summed E-state index contributed by atoms with van der Waals surface area (Å²) in [7, 11) is 5.86. The predicted octanol–water partition coefficient (Wildman–Crippen LogP) is 0.467. The minimum absolute atomic E-state index is 0.238. The van der Waals surface area contributed by atoms with Crippen molar-refractivity contribution >= 4 is 5.91 Å². The highest BCUT2D eigenvalue weighted by Crippen LogP contribution is 2.34. The lowest BCUT2D eigenvalue weighted by Gasteiger charge is -2.13. The SMILES string of the molecule is CNC(=O)c1c(OC)cnc(OC)c1OC. The molecular formula is C10H14N2O4. The highest BCUT2D eigenvalue weighted by Gasteiger charge is 2.22. The van der Waals surface area contributed by atoms with Gasteiger partial charge in [-0.1, -0.05) is 0 Å². The van der Waals surface area contributed by atoms with E-state index in [1.54, 1.807) is 0 Å². The highest BCUT2D eigenvalue weighted by molar-refractivity contribution is 6.00. The van der Waals surface area contributed by atoms with Gasteiger partial charge in [-0.25, -0.2) is 4.98 Å². The van der Waals surface area contributed by atoms with Crippen LogP contribution >= 0.6 is 0 Å². The number of ether oxygens (including phenoxy) is 3. The van der Waals surface area contributed by atoms with Gasteiger partial charge in [0.05, 0.1) is 27.5 Å². The van der Waals surface area contributed by atoms with Gasteiger partial charge in [-0.3, -0.25) is 4.79 Å². The molecule has 6 heteroatoms. The molecule has 1 heterocycles. The summed E-state index contributed by atoms with van der Waals surface area (Å²) in [6.45, 7) is 0. The molecule has 0 spiro atoms. The molecule has 6 nitrogen and oxygen atoms in total. The van der Waals surface area contributed by atoms with Crippen molar-refractivity contribution in [3.8, 4) is 17.4 Å². The van der Waals surface area contributed by atoms with E-state index >= 15 is 0 Å². The standard InChI is InChI=1S/C10H14N2O4/c1-11-9(13)7-6(14-2)5-12-10(16-4)8(7)15-3/h5H,1-4H3,(H,11,13). The van der Waals surface area contributed by atoms with Crippen LogP contribution in [0.2, 0.25) is 0 Å². The maximum Gasteiger partial charge on any atom is 0.258 e. The molecule has 1 amide bonds. The summed E-state index contributed by atoms with van der Waals surface area (Å²) >= 11 is 0. The maximum atomic E-state index is 11.7. The number of nitrogens with zero attached hydrogens (tertiary/aromatic N) is 1. The van der Waals surface area contributed by atoms with Gasteiger partial charge in [0.2, 0.25) is 0 Å². The number of rotatable bonds is 4. The van der Waals surface area contributed by atoms with E-state index in [0.717, 1.165) is 0 Å². The Balaban J connectivity index is 3.42. The molecule has 1 rings (SSSR count). The van der Waals surface area contributed by atoms with Gasteiger partial charge in [-0.15, -0.1) is 0 Å². The zero-order valence-corrected chi connectivity index (χ0v) is 9.66. The molecule has 0 unspecified atom stereocenters. The first-order valence-electron chi connectivity index (χ1n) is 4.56. The molecule has 0 fully saturated rings. The third-order valence-corrected chi connectivity index (χ3v) is 2.04. The number of amides is 1. The Labute approximate surface area is 93.5 Å². The van der Waals surface area contributed by atoms with E-state index in [9.17, 15) is 4.79 Å². The highest BCUT2D eigenvalue weighted by atomic mass is 16.5. The van der Waals surface area contributed by atoms with Crippen molar-refractivity contribution in [2.45, 2.75) is 0 Å². The second kappa shape index (κ2) is 5.20. The molecule has 1 N–H and O–H groups in total. The molecular weight excluding hydrogens is 212 g/mol. The van der Waals surface area contributed by atoms with Gasteiger partial charge in [0, 0.05) is 7.05 Å². The van der Waals surface area contributed by atoms with Crippen LogP contribution in [-0.2, 0) is 0 Å². The third-order valence-electron chi connectivity index (χ3n) is 2.04. The number of nitrogens with one attached hydrogen (secondary N) is 1. The molecule has 0 saturated carbocycles. The second-order valence-electron chi connectivity index (χ2n) is 2.82. The molecule has 1 aromatic rings. The number of hydrogen-bond donors (Lipinski definition) is 1. The number of carbonyl (C=O) groups excluding carboxylic acids is 1. The van der Waals surface area contributed by atoms with E-state index in [1.165, 1.54) is 34.6 Å². The number of methoxy groups -OCH3 is 3. The van der Waals surface area contributed by atoms with E-state index in [-0.39, 0.29) is 23.1 Å². The third kappa shape index (κ3) is 2.00. The average molecular weight is 226 g/mol.